The van der Waals surface area contributed by atoms with Gasteiger partial charge in [0, 0.05) is 19.3 Å². The predicted octanol–water partition coefficient (Wildman–Crippen LogP) is 16.0. The molecule has 0 bridgehead atoms. The third-order valence-electron chi connectivity index (χ3n) is 10.1. The van der Waals surface area contributed by atoms with Crippen molar-refractivity contribution in [3.8, 4) is 0 Å². The number of ether oxygens (including phenoxy) is 3. The van der Waals surface area contributed by atoms with E-state index in [1.807, 2.05) is 0 Å². The van der Waals surface area contributed by atoms with E-state index < -0.39 is 6.10 Å². The molecule has 342 valence electrons. The molecular weight excluding hydrogens is 745 g/mol. The van der Waals surface area contributed by atoms with Gasteiger partial charge in [0.05, 0.1) is 0 Å². The number of unbranched alkanes of at least 4 members (excludes halogenated alkanes) is 18. The first-order chi connectivity index (χ1) is 29.5. The van der Waals surface area contributed by atoms with E-state index in [1.165, 1.54) is 57.8 Å². The molecule has 1 atom stereocenters. The Morgan fingerprint density at radius 2 is 0.667 bits per heavy atom. The van der Waals surface area contributed by atoms with Crippen molar-refractivity contribution >= 4 is 17.9 Å². The number of carbonyl (C=O) groups excluding carboxylic acids is 3. The molecule has 0 saturated carbocycles. The zero-order chi connectivity index (χ0) is 43.7. The standard InChI is InChI=1S/C54H90O6/c1-4-7-10-13-16-18-20-21-22-23-24-25-26-27-28-29-30-31-32-33-35-36-38-41-44-47-53(56)59-50-51(49-58-52(55)46-43-40-15-12-9-6-3)60-54(57)48-45-42-39-37-34-19-17-14-11-8-5-2/h7,10,14,16-18,21-22,24-25,27-28,30-31,51H,4-6,8-9,11-13,15,19-20,23,26,29,32-50H2,1-3H3/b10-7-,17-14-,18-16-,22-21-,25-24-,28-27-,31-30-. The highest BCUT2D eigenvalue weighted by atomic mass is 16.6. The van der Waals surface area contributed by atoms with E-state index in [0.717, 1.165) is 122 Å². The van der Waals surface area contributed by atoms with Gasteiger partial charge in [0.1, 0.15) is 13.2 Å². The molecule has 0 fully saturated rings. The molecular formula is C54H90O6. The minimum Gasteiger partial charge on any atom is -0.462 e. The zero-order valence-corrected chi connectivity index (χ0v) is 38.9. The maximum atomic E-state index is 12.7. The van der Waals surface area contributed by atoms with Crippen molar-refractivity contribution in [2.75, 3.05) is 13.2 Å². The van der Waals surface area contributed by atoms with Gasteiger partial charge in [0.15, 0.2) is 6.10 Å². The largest absolute Gasteiger partial charge is 0.462 e. The summed E-state index contributed by atoms with van der Waals surface area (Å²) in [5.74, 6) is -0.926. The minimum atomic E-state index is -0.782. The summed E-state index contributed by atoms with van der Waals surface area (Å²) in [7, 11) is 0. The van der Waals surface area contributed by atoms with Gasteiger partial charge < -0.3 is 14.2 Å². The summed E-state index contributed by atoms with van der Waals surface area (Å²) in [5, 5.41) is 0. The van der Waals surface area contributed by atoms with E-state index in [2.05, 4.69) is 106 Å². The van der Waals surface area contributed by atoms with Crippen LogP contribution in [0.15, 0.2) is 85.1 Å². The molecule has 0 saturated heterocycles. The first-order valence-electron chi connectivity index (χ1n) is 24.6. The highest BCUT2D eigenvalue weighted by molar-refractivity contribution is 5.71. The topological polar surface area (TPSA) is 78.9 Å². The van der Waals surface area contributed by atoms with Crippen molar-refractivity contribution in [2.24, 2.45) is 0 Å². The first-order valence-corrected chi connectivity index (χ1v) is 24.6. The van der Waals surface area contributed by atoms with Gasteiger partial charge in [-0.25, -0.2) is 0 Å². The molecule has 0 amide bonds. The Balaban J connectivity index is 4.20. The van der Waals surface area contributed by atoms with E-state index in [9.17, 15) is 14.4 Å². The van der Waals surface area contributed by atoms with Gasteiger partial charge in [-0.05, 0) is 89.9 Å². The Hall–Kier alpha value is -3.41. The van der Waals surface area contributed by atoms with E-state index in [0.29, 0.717) is 19.3 Å². The number of rotatable bonds is 43. The lowest BCUT2D eigenvalue weighted by molar-refractivity contribution is -0.167. The van der Waals surface area contributed by atoms with Crippen LogP contribution in [0.3, 0.4) is 0 Å². The van der Waals surface area contributed by atoms with Crippen LogP contribution in [0, 0.1) is 0 Å². The number of allylic oxidation sites excluding steroid dienone is 14. The molecule has 0 spiro atoms. The van der Waals surface area contributed by atoms with Gasteiger partial charge in [0.25, 0.3) is 0 Å². The van der Waals surface area contributed by atoms with E-state index in [-0.39, 0.29) is 31.1 Å². The molecule has 0 radical (unpaired) electrons. The van der Waals surface area contributed by atoms with E-state index >= 15 is 0 Å². The van der Waals surface area contributed by atoms with Crippen molar-refractivity contribution in [2.45, 2.75) is 226 Å². The molecule has 0 aromatic carbocycles. The molecule has 0 aromatic rings. The Morgan fingerprint density at radius 3 is 1.08 bits per heavy atom. The molecule has 0 aromatic heterocycles. The third kappa shape index (κ3) is 45.7. The molecule has 6 heteroatoms. The average molecular weight is 835 g/mol. The summed E-state index contributed by atoms with van der Waals surface area (Å²) in [4.78, 5) is 37.6. The van der Waals surface area contributed by atoms with Crippen LogP contribution < -0.4 is 0 Å². The van der Waals surface area contributed by atoms with Gasteiger partial charge in [-0.3, -0.25) is 14.4 Å². The smallest absolute Gasteiger partial charge is 0.306 e. The van der Waals surface area contributed by atoms with Crippen LogP contribution >= 0.6 is 0 Å². The fraction of sp³-hybridized carbons (Fsp3) is 0.685. The normalized spacial score (nSPS) is 12.8. The van der Waals surface area contributed by atoms with Crippen molar-refractivity contribution in [1.82, 2.24) is 0 Å². The summed E-state index contributed by atoms with van der Waals surface area (Å²) < 4.78 is 16.6. The lowest BCUT2D eigenvalue weighted by Crippen LogP contribution is -2.30. The summed E-state index contributed by atoms with van der Waals surface area (Å²) in [6, 6.07) is 0. The fourth-order valence-corrected chi connectivity index (χ4v) is 6.42. The second kappa shape index (κ2) is 48.3. The summed E-state index contributed by atoms with van der Waals surface area (Å²) in [6.45, 7) is 6.39. The van der Waals surface area contributed by atoms with Gasteiger partial charge in [0.2, 0.25) is 0 Å². The Kier molecular flexibility index (Phi) is 45.5. The Bertz CT molecular complexity index is 1190. The van der Waals surface area contributed by atoms with E-state index in [4.69, 9.17) is 14.2 Å². The lowest BCUT2D eigenvalue weighted by atomic mass is 10.1. The summed E-state index contributed by atoms with van der Waals surface area (Å²) in [6.07, 6.45) is 61.6. The molecule has 0 aliphatic heterocycles. The average Bonchev–Trinajstić information content (AvgIpc) is 3.24. The maximum Gasteiger partial charge on any atom is 0.306 e. The van der Waals surface area contributed by atoms with Gasteiger partial charge >= 0.3 is 17.9 Å². The van der Waals surface area contributed by atoms with Crippen LogP contribution in [0.25, 0.3) is 0 Å². The zero-order valence-electron chi connectivity index (χ0n) is 38.9. The first kappa shape index (κ1) is 56.6. The molecule has 0 aliphatic carbocycles. The van der Waals surface area contributed by atoms with Crippen molar-refractivity contribution in [3.63, 3.8) is 0 Å². The van der Waals surface area contributed by atoms with Crippen LogP contribution in [0.1, 0.15) is 220 Å². The highest BCUT2D eigenvalue weighted by Gasteiger charge is 2.19. The SMILES string of the molecule is CC/C=C\C/C=C\C/C=C\C/C=C\C/C=C\C/C=C\CCCCCCCCC(=O)OCC(COC(=O)CCCCCCCC)OC(=O)CCCCCCC/C=C\CCCC. The number of esters is 3. The molecule has 0 N–H and O–H groups in total. The molecule has 0 rings (SSSR count). The fourth-order valence-electron chi connectivity index (χ4n) is 6.42. The van der Waals surface area contributed by atoms with Gasteiger partial charge in [-0.15, -0.1) is 0 Å². The second-order valence-electron chi connectivity index (χ2n) is 16.0. The second-order valence-corrected chi connectivity index (χ2v) is 16.0. The van der Waals surface area contributed by atoms with Crippen molar-refractivity contribution < 1.29 is 28.6 Å². The minimum absolute atomic E-state index is 0.0853. The predicted molar refractivity (Wildman–Crippen MR) is 256 cm³/mol. The quantitative estimate of drug-likeness (QED) is 0.0263. The number of hydrogen-bond donors (Lipinski definition) is 0. The molecule has 0 aliphatic rings. The Labute approximate surface area is 369 Å². The van der Waals surface area contributed by atoms with Crippen LogP contribution in [-0.4, -0.2) is 37.2 Å². The number of carbonyl (C=O) groups is 3. The van der Waals surface area contributed by atoms with Gasteiger partial charge in [-0.2, -0.15) is 0 Å². The van der Waals surface area contributed by atoms with Gasteiger partial charge in [-0.1, -0.05) is 196 Å². The summed E-state index contributed by atoms with van der Waals surface area (Å²) in [5.41, 5.74) is 0. The van der Waals surface area contributed by atoms with Crippen LogP contribution in [0.5, 0.6) is 0 Å². The molecule has 6 nitrogen and oxygen atoms in total. The lowest BCUT2D eigenvalue weighted by Gasteiger charge is -2.18. The molecule has 0 heterocycles. The highest BCUT2D eigenvalue weighted by Crippen LogP contribution is 2.13. The molecule has 60 heavy (non-hydrogen) atoms. The maximum absolute atomic E-state index is 12.7. The van der Waals surface area contributed by atoms with Crippen LogP contribution in [-0.2, 0) is 28.6 Å². The van der Waals surface area contributed by atoms with Crippen molar-refractivity contribution in [1.29, 1.82) is 0 Å². The number of hydrogen-bond acceptors (Lipinski definition) is 6. The van der Waals surface area contributed by atoms with Crippen LogP contribution in [0.2, 0.25) is 0 Å². The third-order valence-corrected chi connectivity index (χ3v) is 10.1. The Morgan fingerprint density at radius 1 is 0.350 bits per heavy atom. The summed E-state index contributed by atoms with van der Waals surface area (Å²) >= 11 is 0. The monoisotopic (exact) mass is 835 g/mol. The van der Waals surface area contributed by atoms with E-state index in [1.54, 1.807) is 0 Å². The van der Waals surface area contributed by atoms with Crippen molar-refractivity contribution in [3.05, 3.63) is 85.1 Å². The molecule has 1 unspecified atom stereocenters. The van der Waals surface area contributed by atoms with Crippen LogP contribution in [0.4, 0.5) is 0 Å².